The fourth-order valence-corrected chi connectivity index (χ4v) is 2.60. The number of carboxylic acid groups (broad SMARTS) is 1. The number of nitrogen functional groups attached to an aromatic ring is 1. The third kappa shape index (κ3) is 2.68. The van der Waals surface area contributed by atoms with Crippen LogP contribution in [0.3, 0.4) is 0 Å². The van der Waals surface area contributed by atoms with Gasteiger partial charge in [0.25, 0.3) is 0 Å². The Morgan fingerprint density at radius 3 is 2.47 bits per heavy atom. The maximum atomic E-state index is 10.9. The molecule has 0 amide bonds. The zero-order chi connectivity index (χ0) is 13.9. The Labute approximate surface area is 112 Å². The second-order valence-electron chi connectivity index (χ2n) is 4.91. The molecule has 0 atom stereocenters. The third-order valence-corrected chi connectivity index (χ3v) is 3.76. The summed E-state index contributed by atoms with van der Waals surface area (Å²) in [6.07, 6.45) is 7.41. The van der Waals surface area contributed by atoms with Crippen LogP contribution in [0.25, 0.3) is 0 Å². The van der Waals surface area contributed by atoms with Crippen LogP contribution in [0.15, 0.2) is 6.20 Å². The molecular formula is C13H19N3O3. The van der Waals surface area contributed by atoms with E-state index in [1.54, 1.807) is 7.11 Å². The molecule has 0 aliphatic heterocycles. The van der Waals surface area contributed by atoms with E-state index >= 15 is 0 Å². The van der Waals surface area contributed by atoms with E-state index in [1.807, 2.05) is 0 Å². The van der Waals surface area contributed by atoms with Crippen molar-refractivity contribution in [3.63, 3.8) is 0 Å². The molecule has 6 nitrogen and oxygen atoms in total. The Morgan fingerprint density at radius 2 is 2.00 bits per heavy atom. The Balaban J connectivity index is 2.37. The topological polar surface area (TPSA) is 98.3 Å². The van der Waals surface area contributed by atoms with Crippen LogP contribution in [-0.4, -0.2) is 28.2 Å². The van der Waals surface area contributed by atoms with Crippen LogP contribution in [0.5, 0.6) is 0 Å². The molecule has 0 bridgehead atoms. The van der Waals surface area contributed by atoms with Crippen molar-refractivity contribution in [2.75, 3.05) is 12.8 Å². The SMILES string of the molecule is COC1(c2ncc(C(=O)O)c(N)n2)CCCCCC1. The minimum Gasteiger partial charge on any atom is -0.477 e. The van der Waals surface area contributed by atoms with Gasteiger partial charge in [0.05, 0.1) is 0 Å². The van der Waals surface area contributed by atoms with E-state index in [9.17, 15) is 4.79 Å². The predicted molar refractivity (Wildman–Crippen MR) is 69.8 cm³/mol. The van der Waals surface area contributed by atoms with E-state index in [4.69, 9.17) is 15.6 Å². The zero-order valence-electron chi connectivity index (χ0n) is 11.1. The van der Waals surface area contributed by atoms with E-state index in [1.165, 1.54) is 19.0 Å². The summed E-state index contributed by atoms with van der Waals surface area (Å²) >= 11 is 0. The molecule has 3 N–H and O–H groups in total. The lowest BCUT2D eigenvalue weighted by molar-refractivity contribution is -0.0350. The predicted octanol–water partition coefficient (Wildman–Crippen LogP) is 1.95. The highest BCUT2D eigenvalue weighted by atomic mass is 16.5. The van der Waals surface area contributed by atoms with Crippen LogP contribution in [0, 0.1) is 0 Å². The lowest BCUT2D eigenvalue weighted by Gasteiger charge is -2.29. The third-order valence-electron chi connectivity index (χ3n) is 3.76. The number of carboxylic acids is 1. The average molecular weight is 265 g/mol. The molecule has 19 heavy (non-hydrogen) atoms. The molecule has 1 aliphatic rings. The van der Waals surface area contributed by atoms with E-state index in [0.717, 1.165) is 25.7 Å². The van der Waals surface area contributed by atoms with E-state index in [-0.39, 0.29) is 11.4 Å². The highest BCUT2D eigenvalue weighted by Crippen LogP contribution is 2.37. The van der Waals surface area contributed by atoms with Crippen molar-refractivity contribution in [1.82, 2.24) is 9.97 Å². The number of nitrogens with two attached hydrogens (primary N) is 1. The number of ether oxygens (including phenoxy) is 1. The van der Waals surface area contributed by atoms with Crippen molar-refractivity contribution >= 4 is 11.8 Å². The van der Waals surface area contributed by atoms with Gasteiger partial charge >= 0.3 is 5.97 Å². The number of aromatic carboxylic acids is 1. The molecule has 0 unspecified atom stereocenters. The fourth-order valence-electron chi connectivity index (χ4n) is 2.60. The lowest BCUT2D eigenvalue weighted by Crippen LogP contribution is -2.31. The smallest absolute Gasteiger partial charge is 0.341 e. The Bertz CT molecular complexity index is 468. The molecule has 2 rings (SSSR count). The van der Waals surface area contributed by atoms with Gasteiger partial charge < -0.3 is 15.6 Å². The van der Waals surface area contributed by atoms with Crippen molar-refractivity contribution < 1.29 is 14.6 Å². The molecule has 1 aromatic rings. The number of hydrogen-bond acceptors (Lipinski definition) is 5. The molecule has 1 heterocycles. The van der Waals surface area contributed by atoms with E-state index < -0.39 is 11.6 Å². The molecule has 0 aromatic carbocycles. The summed E-state index contributed by atoms with van der Waals surface area (Å²) in [4.78, 5) is 19.3. The quantitative estimate of drug-likeness (QED) is 0.810. The Kier molecular flexibility index (Phi) is 3.99. The van der Waals surface area contributed by atoms with Gasteiger partial charge in [-0.25, -0.2) is 14.8 Å². The van der Waals surface area contributed by atoms with Crippen LogP contribution in [0.2, 0.25) is 0 Å². The molecule has 6 heteroatoms. The maximum absolute atomic E-state index is 10.9. The molecule has 1 saturated carbocycles. The molecule has 0 spiro atoms. The van der Waals surface area contributed by atoms with Crippen molar-refractivity contribution in [3.8, 4) is 0 Å². The minimum atomic E-state index is -1.11. The van der Waals surface area contributed by atoms with Gasteiger partial charge in [-0.1, -0.05) is 25.7 Å². The first-order valence-corrected chi connectivity index (χ1v) is 6.50. The van der Waals surface area contributed by atoms with Gasteiger partial charge in [0, 0.05) is 13.3 Å². The summed E-state index contributed by atoms with van der Waals surface area (Å²) in [6, 6.07) is 0. The molecule has 1 aliphatic carbocycles. The number of carbonyl (C=O) groups is 1. The summed E-state index contributed by atoms with van der Waals surface area (Å²) in [6.45, 7) is 0. The molecule has 0 saturated heterocycles. The average Bonchev–Trinajstić information content (AvgIpc) is 2.64. The van der Waals surface area contributed by atoms with Crippen molar-refractivity contribution in [2.45, 2.75) is 44.1 Å². The van der Waals surface area contributed by atoms with Gasteiger partial charge in [-0.05, 0) is 12.8 Å². The second-order valence-corrected chi connectivity index (χ2v) is 4.91. The molecule has 1 fully saturated rings. The highest BCUT2D eigenvalue weighted by Gasteiger charge is 2.36. The normalized spacial score (nSPS) is 18.8. The van der Waals surface area contributed by atoms with Crippen LogP contribution >= 0.6 is 0 Å². The van der Waals surface area contributed by atoms with E-state index in [2.05, 4.69) is 9.97 Å². The maximum Gasteiger partial charge on any atom is 0.341 e. The molecule has 0 radical (unpaired) electrons. The van der Waals surface area contributed by atoms with Gasteiger partial charge in [0.15, 0.2) is 5.82 Å². The first-order chi connectivity index (χ1) is 9.09. The number of rotatable bonds is 3. The van der Waals surface area contributed by atoms with E-state index in [0.29, 0.717) is 5.82 Å². The summed E-state index contributed by atoms with van der Waals surface area (Å²) in [7, 11) is 1.65. The fraction of sp³-hybridized carbons (Fsp3) is 0.615. The first-order valence-electron chi connectivity index (χ1n) is 6.50. The van der Waals surface area contributed by atoms with Crippen LogP contribution < -0.4 is 5.73 Å². The first kappa shape index (κ1) is 13.7. The standard InChI is InChI=1S/C13H19N3O3/c1-19-13(6-4-2-3-5-7-13)12-15-8-9(11(17)18)10(14)16-12/h8H,2-7H2,1H3,(H,17,18)(H2,14,15,16). The molecular weight excluding hydrogens is 246 g/mol. The van der Waals surface area contributed by atoms with Gasteiger partial charge in [-0.15, -0.1) is 0 Å². The van der Waals surface area contributed by atoms with Gasteiger partial charge in [-0.3, -0.25) is 0 Å². The summed E-state index contributed by atoms with van der Waals surface area (Å²) in [5.41, 5.74) is 5.10. The van der Waals surface area contributed by atoms with Crippen LogP contribution in [-0.2, 0) is 10.3 Å². The Hall–Kier alpha value is -1.69. The number of hydrogen-bond donors (Lipinski definition) is 2. The second kappa shape index (κ2) is 5.52. The number of methoxy groups -OCH3 is 1. The summed E-state index contributed by atoms with van der Waals surface area (Å²) in [5, 5.41) is 8.94. The minimum absolute atomic E-state index is 0.00169. The van der Waals surface area contributed by atoms with Gasteiger partial charge in [0.2, 0.25) is 0 Å². The van der Waals surface area contributed by atoms with Crippen LogP contribution in [0.4, 0.5) is 5.82 Å². The molecule has 1 aromatic heterocycles. The lowest BCUT2D eigenvalue weighted by atomic mass is 9.93. The number of anilines is 1. The summed E-state index contributed by atoms with van der Waals surface area (Å²) in [5.74, 6) is -0.617. The van der Waals surface area contributed by atoms with Crippen molar-refractivity contribution in [1.29, 1.82) is 0 Å². The Morgan fingerprint density at radius 1 is 1.37 bits per heavy atom. The molecule has 104 valence electrons. The summed E-state index contributed by atoms with van der Waals surface area (Å²) < 4.78 is 5.67. The van der Waals surface area contributed by atoms with Crippen molar-refractivity contribution in [2.24, 2.45) is 0 Å². The number of aromatic nitrogens is 2. The number of nitrogens with zero attached hydrogens (tertiary/aromatic N) is 2. The zero-order valence-corrected chi connectivity index (χ0v) is 11.1. The van der Waals surface area contributed by atoms with Gasteiger partial charge in [0.1, 0.15) is 17.0 Å². The van der Waals surface area contributed by atoms with Gasteiger partial charge in [-0.2, -0.15) is 0 Å². The monoisotopic (exact) mass is 265 g/mol. The highest BCUT2D eigenvalue weighted by molar-refractivity contribution is 5.92. The van der Waals surface area contributed by atoms with Crippen LogP contribution in [0.1, 0.15) is 54.7 Å². The largest absolute Gasteiger partial charge is 0.477 e. The van der Waals surface area contributed by atoms with Crippen molar-refractivity contribution in [3.05, 3.63) is 17.6 Å².